The van der Waals surface area contributed by atoms with E-state index in [-0.39, 0.29) is 5.91 Å². The fourth-order valence-corrected chi connectivity index (χ4v) is 3.34. The zero-order chi connectivity index (χ0) is 17.1. The quantitative estimate of drug-likeness (QED) is 0.786. The minimum Gasteiger partial charge on any atom is -0.496 e. The summed E-state index contributed by atoms with van der Waals surface area (Å²) in [7, 11) is 3.37. The molecule has 0 unspecified atom stereocenters. The number of aliphatic imine (C=N–C) groups is 1. The van der Waals surface area contributed by atoms with E-state index in [0.29, 0.717) is 10.1 Å². The van der Waals surface area contributed by atoms with E-state index in [1.807, 2.05) is 61.5 Å². The minimum absolute atomic E-state index is 0.0572. The van der Waals surface area contributed by atoms with Crippen LogP contribution in [-0.2, 0) is 4.79 Å². The van der Waals surface area contributed by atoms with Crippen LogP contribution in [0.2, 0.25) is 0 Å². The number of amidine groups is 1. The molecular formula is C19H18N2O2S. The van der Waals surface area contributed by atoms with Crippen LogP contribution in [0.25, 0.3) is 6.08 Å². The predicted octanol–water partition coefficient (Wildman–Crippen LogP) is 4.24. The van der Waals surface area contributed by atoms with Gasteiger partial charge in [0.1, 0.15) is 5.75 Å². The fraction of sp³-hybridized carbons (Fsp3) is 0.158. The molecule has 4 nitrogen and oxygen atoms in total. The van der Waals surface area contributed by atoms with E-state index < -0.39 is 0 Å². The molecule has 2 aromatic carbocycles. The second-order valence-corrected chi connectivity index (χ2v) is 6.41. The summed E-state index contributed by atoms with van der Waals surface area (Å²) in [5.74, 6) is 0.684. The Hall–Kier alpha value is -2.53. The Bertz CT molecular complexity index is 843. The Morgan fingerprint density at radius 3 is 2.58 bits per heavy atom. The van der Waals surface area contributed by atoms with Crippen molar-refractivity contribution in [2.45, 2.75) is 6.92 Å². The first kappa shape index (κ1) is 16.3. The van der Waals surface area contributed by atoms with Gasteiger partial charge >= 0.3 is 0 Å². The van der Waals surface area contributed by atoms with Gasteiger partial charge in [0.15, 0.2) is 5.17 Å². The zero-order valence-corrected chi connectivity index (χ0v) is 14.6. The first-order valence-corrected chi connectivity index (χ1v) is 8.36. The molecule has 122 valence electrons. The molecule has 24 heavy (non-hydrogen) atoms. The number of methoxy groups -OCH3 is 1. The molecule has 1 saturated heterocycles. The summed E-state index contributed by atoms with van der Waals surface area (Å²) < 4.78 is 5.35. The third-order valence-corrected chi connectivity index (χ3v) is 4.82. The number of benzene rings is 2. The van der Waals surface area contributed by atoms with Crippen molar-refractivity contribution in [3.63, 3.8) is 0 Å². The molecule has 1 aliphatic rings. The van der Waals surface area contributed by atoms with Crippen LogP contribution in [0.1, 0.15) is 11.1 Å². The molecule has 1 fully saturated rings. The molecule has 0 aromatic heterocycles. The first-order chi connectivity index (χ1) is 11.6. The predicted molar refractivity (Wildman–Crippen MR) is 99.6 cm³/mol. The average molecular weight is 338 g/mol. The van der Waals surface area contributed by atoms with Crippen LogP contribution in [0.15, 0.2) is 58.4 Å². The largest absolute Gasteiger partial charge is 0.496 e. The number of carbonyl (C=O) groups is 1. The summed E-state index contributed by atoms with van der Waals surface area (Å²) in [6.07, 6.45) is 1.85. The summed E-state index contributed by atoms with van der Waals surface area (Å²) in [5.41, 5.74) is 2.83. The highest BCUT2D eigenvalue weighted by molar-refractivity contribution is 8.18. The van der Waals surface area contributed by atoms with E-state index >= 15 is 0 Å². The van der Waals surface area contributed by atoms with Crippen molar-refractivity contribution in [3.8, 4) is 5.75 Å². The lowest BCUT2D eigenvalue weighted by Crippen LogP contribution is -2.23. The van der Waals surface area contributed by atoms with Crippen molar-refractivity contribution in [1.29, 1.82) is 0 Å². The van der Waals surface area contributed by atoms with Gasteiger partial charge in [0.2, 0.25) is 0 Å². The number of likely N-dealkylation sites (N-methyl/N-ethyl adjacent to an activating group) is 1. The number of rotatable bonds is 3. The molecule has 1 aliphatic heterocycles. The van der Waals surface area contributed by atoms with E-state index in [2.05, 4.69) is 4.99 Å². The first-order valence-electron chi connectivity index (χ1n) is 7.55. The molecule has 1 heterocycles. The molecule has 5 heteroatoms. The Kier molecular flexibility index (Phi) is 4.71. The Labute approximate surface area is 145 Å². The Morgan fingerprint density at radius 1 is 1.12 bits per heavy atom. The number of thioether (sulfide) groups is 1. The zero-order valence-electron chi connectivity index (χ0n) is 13.8. The number of amides is 1. The van der Waals surface area contributed by atoms with Gasteiger partial charge in [0, 0.05) is 12.6 Å². The smallest absolute Gasteiger partial charge is 0.266 e. The Balaban J connectivity index is 1.95. The number of hydrogen-bond donors (Lipinski definition) is 0. The van der Waals surface area contributed by atoms with Crippen molar-refractivity contribution in [2.75, 3.05) is 14.2 Å². The van der Waals surface area contributed by atoms with E-state index in [0.717, 1.165) is 22.6 Å². The average Bonchev–Trinajstić information content (AvgIpc) is 2.85. The number of para-hydroxylation sites is 2. The molecule has 3 rings (SSSR count). The number of aryl methyl sites for hydroxylation is 1. The lowest BCUT2D eigenvalue weighted by atomic mass is 10.2. The highest BCUT2D eigenvalue weighted by Crippen LogP contribution is 2.35. The summed E-state index contributed by atoms with van der Waals surface area (Å²) >= 11 is 1.38. The molecule has 0 bridgehead atoms. The lowest BCUT2D eigenvalue weighted by Gasteiger charge is -2.08. The molecule has 0 spiro atoms. The van der Waals surface area contributed by atoms with Crippen molar-refractivity contribution >= 4 is 34.6 Å². The second-order valence-electron chi connectivity index (χ2n) is 5.40. The van der Waals surface area contributed by atoms with Gasteiger partial charge in [-0.2, -0.15) is 0 Å². The van der Waals surface area contributed by atoms with Gasteiger partial charge in [-0.3, -0.25) is 9.69 Å². The fourth-order valence-electron chi connectivity index (χ4n) is 2.37. The van der Waals surface area contributed by atoms with Crippen molar-refractivity contribution in [1.82, 2.24) is 4.90 Å². The molecule has 2 aromatic rings. The van der Waals surface area contributed by atoms with E-state index in [4.69, 9.17) is 4.74 Å². The molecule has 0 N–H and O–H groups in total. The van der Waals surface area contributed by atoms with Crippen LogP contribution in [0.4, 0.5) is 5.69 Å². The van der Waals surface area contributed by atoms with Crippen LogP contribution >= 0.6 is 11.8 Å². The van der Waals surface area contributed by atoms with Gasteiger partial charge in [-0.05, 0) is 42.5 Å². The number of carbonyl (C=O) groups excluding carboxylic acids is 1. The molecule has 0 radical (unpaired) electrons. The van der Waals surface area contributed by atoms with Gasteiger partial charge in [0.25, 0.3) is 5.91 Å². The lowest BCUT2D eigenvalue weighted by molar-refractivity contribution is -0.121. The van der Waals surface area contributed by atoms with Crippen molar-refractivity contribution in [2.24, 2.45) is 4.99 Å². The normalized spacial score (nSPS) is 17.8. The molecule has 0 atom stereocenters. The van der Waals surface area contributed by atoms with E-state index in [1.165, 1.54) is 11.8 Å². The third-order valence-electron chi connectivity index (χ3n) is 3.76. The van der Waals surface area contributed by atoms with Gasteiger partial charge < -0.3 is 4.74 Å². The molecule has 0 saturated carbocycles. The van der Waals surface area contributed by atoms with Crippen LogP contribution in [-0.4, -0.2) is 30.1 Å². The summed E-state index contributed by atoms with van der Waals surface area (Å²) in [5, 5.41) is 0.676. The van der Waals surface area contributed by atoms with Gasteiger partial charge in [-0.25, -0.2) is 4.99 Å². The van der Waals surface area contributed by atoms with E-state index in [1.54, 1.807) is 19.1 Å². The summed E-state index contributed by atoms with van der Waals surface area (Å²) in [4.78, 5) is 19.4. The minimum atomic E-state index is -0.0572. The number of ether oxygens (including phenoxy) is 1. The maximum atomic E-state index is 12.5. The van der Waals surface area contributed by atoms with Crippen LogP contribution < -0.4 is 4.74 Å². The molecule has 0 aliphatic carbocycles. The van der Waals surface area contributed by atoms with Crippen LogP contribution in [0, 0.1) is 6.92 Å². The van der Waals surface area contributed by atoms with Crippen LogP contribution in [0.3, 0.4) is 0 Å². The van der Waals surface area contributed by atoms with Crippen LogP contribution in [0.5, 0.6) is 5.75 Å². The third kappa shape index (κ3) is 3.21. The monoisotopic (exact) mass is 338 g/mol. The van der Waals surface area contributed by atoms with Gasteiger partial charge in [-0.1, -0.05) is 36.4 Å². The maximum absolute atomic E-state index is 12.5. The van der Waals surface area contributed by atoms with Gasteiger partial charge in [0.05, 0.1) is 17.7 Å². The topological polar surface area (TPSA) is 41.9 Å². The SMILES string of the molecule is COc1ccccc1/C=C1/SC(=Nc2ccccc2C)N(C)C1=O. The highest BCUT2D eigenvalue weighted by Gasteiger charge is 2.30. The molecule has 1 amide bonds. The van der Waals surface area contributed by atoms with Crippen molar-refractivity contribution in [3.05, 3.63) is 64.6 Å². The van der Waals surface area contributed by atoms with Gasteiger partial charge in [-0.15, -0.1) is 0 Å². The number of hydrogen-bond acceptors (Lipinski definition) is 4. The standard InChI is InChI=1S/C19H18N2O2S/c1-13-8-4-6-10-15(13)20-19-21(2)18(22)17(24-19)12-14-9-5-7-11-16(14)23-3/h4-12H,1-3H3/b17-12+,20-19?. The second kappa shape index (κ2) is 6.93. The molecular weight excluding hydrogens is 320 g/mol. The summed E-state index contributed by atoms with van der Waals surface area (Å²) in [6, 6.07) is 15.5. The Morgan fingerprint density at radius 2 is 1.83 bits per heavy atom. The van der Waals surface area contributed by atoms with Crippen molar-refractivity contribution < 1.29 is 9.53 Å². The number of nitrogens with zero attached hydrogens (tertiary/aromatic N) is 2. The summed E-state index contributed by atoms with van der Waals surface area (Å²) in [6.45, 7) is 2.01. The maximum Gasteiger partial charge on any atom is 0.266 e. The highest BCUT2D eigenvalue weighted by atomic mass is 32.2. The van der Waals surface area contributed by atoms with E-state index in [9.17, 15) is 4.79 Å².